The number of hydrogen-bond donors (Lipinski definition) is 0. The first kappa shape index (κ1) is 15.5. The van der Waals surface area contributed by atoms with Gasteiger partial charge in [-0.2, -0.15) is 0 Å². The number of carbonyl (C=O) groups excluding carboxylic acids is 1. The molecule has 2 heterocycles. The van der Waals surface area contributed by atoms with Crippen LogP contribution in [0.3, 0.4) is 0 Å². The number of anilines is 2. The maximum absolute atomic E-state index is 12.8. The van der Waals surface area contributed by atoms with Gasteiger partial charge in [-0.1, -0.05) is 25.1 Å². The lowest BCUT2D eigenvalue weighted by molar-refractivity contribution is -0.118. The first-order valence-electron chi connectivity index (χ1n) is 8.14. The quantitative estimate of drug-likeness (QED) is 0.874. The van der Waals surface area contributed by atoms with Gasteiger partial charge in [-0.15, -0.1) is 0 Å². The summed E-state index contributed by atoms with van der Waals surface area (Å²) in [6, 6.07) is 12.1. The number of aryl methyl sites for hydroxylation is 1. The van der Waals surface area contributed by atoms with Crippen LogP contribution in [0.4, 0.5) is 11.4 Å². The largest absolute Gasteiger partial charge is 0.373 e. The van der Waals surface area contributed by atoms with E-state index in [0.29, 0.717) is 12.3 Å². The Kier molecular flexibility index (Phi) is 4.60. The molecule has 120 valence electrons. The molecule has 1 aromatic heterocycles. The fraction of sp³-hybridized carbons (Fsp3) is 0.368. The number of carbonyl (C=O) groups is 1. The highest BCUT2D eigenvalue weighted by Crippen LogP contribution is 2.33. The second-order valence-electron chi connectivity index (χ2n) is 6.34. The van der Waals surface area contributed by atoms with Crippen molar-refractivity contribution in [2.75, 3.05) is 29.9 Å². The summed E-state index contributed by atoms with van der Waals surface area (Å²) in [6.45, 7) is 3.93. The van der Waals surface area contributed by atoms with Gasteiger partial charge in [0.1, 0.15) is 0 Å². The molecule has 0 aliphatic carbocycles. The lowest BCUT2D eigenvalue weighted by Crippen LogP contribution is -2.35. The molecule has 0 unspecified atom stereocenters. The number of nitrogens with zero attached hydrogens (tertiary/aromatic N) is 3. The molecule has 1 aliphatic heterocycles. The summed E-state index contributed by atoms with van der Waals surface area (Å²) >= 11 is 0. The normalized spacial score (nSPS) is 17.6. The van der Waals surface area contributed by atoms with Crippen molar-refractivity contribution in [3.8, 4) is 0 Å². The van der Waals surface area contributed by atoms with E-state index in [1.165, 1.54) is 0 Å². The van der Waals surface area contributed by atoms with Gasteiger partial charge in [0.2, 0.25) is 5.91 Å². The van der Waals surface area contributed by atoms with Crippen molar-refractivity contribution in [2.45, 2.75) is 19.8 Å². The third-order valence-electron chi connectivity index (χ3n) is 4.31. The molecule has 4 heteroatoms. The van der Waals surface area contributed by atoms with Gasteiger partial charge in [0, 0.05) is 39.0 Å². The van der Waals surface area contributed by atoms with E-state index < -0.39 is 0 Å². The molecular formula is C19H23N3O. The van der Waals surface area contributed by atoms with Gasteiger partial charge in [-0.25, -0.2) is 0 Å². The Balaban J connectivity index is 1.79. The summed E-state index contributed by atoms with van der Waals surface area (Å²) in [5.74, 6) is 0.623. The number of pyridine rings is 1. The highest BCUT2D eigenvalue weighted by molar-refractivity contribution is 5.97. The number of amides is 1. The first-order valence-corrected chi connectivity index (χ1v) is 8.14. The topological polar surface area (TPSA) is 36.4 Å². The summed E-state index contributed by atoms with van der Waals surface area (Å²) in [5.41, 5.74) is 3.26. The zero-order valence-corrected chi connectivity index (χ0v) is 13.8. The summed E-state index contributed by atoms with van der Waals surface area (Å²) in [7, 11) is 2.10. The Bertz CT molecular complexity index is 671. The van der Waals surface area contributed by atoms with Crippen LogP contribution >= 0.6 is 0 Å². The van der Waals surface area contributed by atoms with E-state index in [0.717, 1.165) is 36.4 Å². The molecule has 0 fully saturated rings. The first-order chi connectivity index (χ1) is 11.1. The molecule has 0 saturated carbocycles. The minimum Gasteiger partial charge on any atom is -0.373 e. The molecule has 0 radical (unpaired) electrons. The lowest BCUT2D eigenvalue weighted by Gasteiger charge is -2.24. The highest BCUT2D eigenvalue weighted by Gasteiger charge is 2.26. The lowest BCUT2D eigenvalue weighted by atomic mass is 10.1. The summed E-state index contributed by atoms with van der Waals surface area (Å²) in [4.78, 5) is 21.1. The SMILES string of the molecule is C[C@H]1CN(C)c2ccccc2N(C(=O)CCc2cccnc2)C1. The van der Waals surface area contributed by atoms with Gasteiger partial charge in [0.05, 0.1) is 11.4 Å². The Labute approximate surface area is 137 Å². The number of hydrogen-bond acceptors (Lipinski definition) is 3. The van der Waals surface area contributed by atoms with Gasteiger partial charge in [-0.05, 0) is 36.1 Å². The molecule has 1 amide bonds. The van der Waals surface area contributed by atoms with E-state index in [2.05, 4.69) is 29.9 Å². The average molecular weight is 309 g/mol. The zero-order chi connectivity index (χ0) is 16.2. The molecule has 0 spiro atoms. The van der Waals surface area contributed by atoms with E-state index in [1.54, 1.807) is 6.20 Å². The molecule has 0 saturated heterocycles. The summed E-state index contributed by atoms with van der Waals surface area (Å²) in [6.07, 6.45) is 4.83. The predicted octanol–water partition coefficient (Wildman–Crippen LogP) is 3.13. The van der Waals surface area contributed by atoms with E-state index in [1.807, 2.05) is 41.4 Å². The monoisotopic (exact) mass is 309 g/mol. The number of fused-ring (bicyclic) bond motifs is 1. The fourth-order valence-corrected chi connectivity index (χ4v) is 3.22. The molecule has 1 aliphatic rings. The van der Waals surface area contributed by atoms with Crippen molar-refractivity contribution in [2.24, 2.45) is 5.92 Å². The van der Waals surface area contributed by atoms with Gasteiger partial charge in [-0.3, -0.25) is 9.78 Å². The van der Waals surface area contributed by atoms with Crippen LogP contribution in [0.15, 0.2) is 48.8 Å². The van der Waals surface area contributed by atoms with Gasteiger partial charge >= 0.3 is 0 Å². The molecule has 4 nitrogen and oxygen atoms in total. The molecule has 2 aromatic rings. The average Bonchev–Trinajstić information content (AvgIpc) is 2.70. The molecule has 0 N–H and O–H groups in total. The van der Waals surface area contributed by atoms with Crippen LogP contribution in [0, 0.1) is 5.92 Å². The molecule has 1 atom stereocenters. The van der Waals surface area contributed by atoms with Crippen molar-refractivity contribution < 1.29 is 4.79 Å². The summed E-state index contributed by atoms with van der Waals surface area (Å²) in [5, 5.41) is 0. The number of rotatable bonds is 3. The Morgan fingerprint density at radius 2 is 1.96 bits per heavy atom. The Hall–Kier alpha value is -2.36. The Morgan fingerprint density at radius 3 is 2.70 bits per heavy atom. The minimum atomic E-state index is 0.184. The maximum Gasteiger partial charge on any atom is 0.227 e. The smallest absolute Gasteiger partial charge is 0.227 e. The number of aromatic nitrogens is 1. The van der Waals surface area contributed by atoms with Crippen molar-refractivity contribution in [1.82, 2.24) is 4.98 Å². The molecule has 1 aromatic carbocycles. The molecule has 3 rings (SSSR count). The van der Waals surface area contributed by atoms with Crippen molar-refractivity contribution >= 4 is 17.3 Å². The second-order valence-corrected chi connectivity index (χ2v) is 6.34. The van der Waals surface area contributed by atoms with Crippen LogP contribution in [0.5, 0.6) is 0 Å². The standard InChI is InChI=1S/C19H23N3O/c1-15-13-21(2)17-7-3-4-8-18(17)22(14-15)19(23)10-9-16-6-5-11-20-12-16/h3-8,11-12,15H,9-10,13-14H2,1-2H3/t15-/m0/s1. The van der Waals surface area contributed by atoms with Crippen LogP contribution < -0.4 is 9.80 Å². The van der Waals surface area contributed by atoms with Gasteiger partial charge in [0.15, 0.2) is 0 Å². The van der Waals surface area contributed by atoms with Crippen LogP contribution in [0.25, 0.3) is 0 Å². The van der Waals surface area contributed by atoms with E-state index >= 15 is 0 Å². The molecular weight excluding hydrogens is 286 g/mol. The van der Waals surface area contributed by atoms with Gasteiger partial charge < -0.3 is 9.80 Å². The van der Waals surface area contributed by atoms with E-state index in [4.69, 9.17) is 0 Å². The fourth-order valence-electron chi connectivity index (χ4n) is 3.22. The van der Waals surface area contributed by atoms with E-state index in [-0.39, 0.29) is 5.91 Å². The van der Waals surface area contributed by atoms with Crippen LogP contribution in [0.2, 0.25) is 0 Å². The zero-order valence-electron chi connectivity index (χ0n) is 13.8. The number of benzene rings is 1. The molecule has 0 bridgehead atoms. The van der Waals surface area contributed by atoms with Crippen LogP contribution in [-0.4, -0.2) is 31.0 Å². The second kappa shape index (κ2) is 6.82. The minimum absolute atomic E-state index is 0.184. The number of para-hydroxylation sites is 2. The third-order valence-corrected chi connectivity index (χ3v) is 4.31. The summed E-state index contributed by atoms with van der Waals surface area (Å²) < 4.78 is 0. The molecule has 23 heavy (non-hydrogen) atoms. The highest BCUT2D eigenvalue weighted by atomic mass is 16.2. The van der Waals surface area contributed by atoms with Crippen molar-refractivity contribution in [3.05, 3.63) is 54.4 Å². The van der Waals surface area contributed by atoms with Crippen LogP contribution in [0.1, 0.15) is 18.9 Å². The van der Waals surface area contributed by atoms with Crippen molar-refractivity contribution in [1.29, 1.82) is 0 Å². The Morgan fingerprint density at radius 1 is 1.17 bits per heavy atom. The maximum atomic E-state index is 12.8. The van der Waals surface area contributed by atoms with Crippen molar-refractivity contribution in [3.63, 3.8) is 0 Å². The predicted molar refractivity (Wildman–Crippen MR) is 93.8 cm³/mol. The third kappa shape index (κ3) is 3.52. The van der Waals surface area contributed by atoms with E-state index in [9.17, 15) is 4.79 Å². The van der Waals surface area contributed by atoms with Crippen LogP contribution in [-0.2, 0) is 11.2 Å². The van der Waals surface area contributed by atoms with Gasteiger partial charge in [0.25, 0.3) is 0 Å².